The minimum absolute atomic E-state index is 0. The van der Waals surface area contributed by atoms with Crippen LogP contribution in [0.3, 0.4) is 0 Å². The number of halogens is 2. The summed E-state index contributed by atoms with van der Waals surface area (Å²) in [7, 11) is 0. The highest BCUT2D eigenvalue weighted by atomic mass is 35.5. The van der Waals surface area contributed by atoms with Gasteiger partial charge in [-0.05, 0) is 37.1 Å². The molecule has 1 saturated heterocycles. The van der Waals surface area contributed by atoms with Gasteiger partial charge in [-0.25, -0.2) is 4.98 Å². The fraction of sp³-hybridized carbons (Fsp3) is 0.250. The number of hydrogen-bond acceptors (Lipinski definition) is 4. The van der Waals surface area contributed by atoms with Crippen LogP contribution in [0.4, 0.5) is 0 Å². The van der Waals surface area contributed by atoms with Crippen LogP contribution in [0.2, 0.25) is 0 Å². The van der Waals surface area contributed by atoms with Crippen LogP contribution in [0.1, 0.15) is 23.2 Å². The van der Waals surface area contributed by atoms with E-state index in [1.807, 2.05) is 47.4 Å². The monoisotopic (exact) mass is 404 g/mol. The van der Waals surface area contributed by atoms with Crippen LogP contribution in [0.25, 0.3) is 22.2 Å². The second-order valence-corrected chi connectivity index (χ2v) is 6.46. The van der Waals surface area contributed by atoms with Crippen molar-refractivity contribution in [2.24, 2.45) is 5.73 Å². The number of benzene rings is 1. The zero-order valence-corrected chi connectivity index (χ0v) is 16.4. The summed E-state index contributed by atoms with van der Waals surface area (Å²) >= 11 is 0. The van der Waals surface area contributed by atoms with Crippen molar-refractivity contribution in [3.8, 4) is 11.3 Å². The average molecular weight is 405 g/mol. The molecular weight excluding hydrogens is 383 g/mol. The Morgan fingerprint density at radius 1 is 1.11 bits per heavy atom. The summed E-state index contributed by atoms with van der Waals surface area (Å²) in [6.07, 6.45) is 5.39. The molecule has 0 spiro atoms. The lowest BCUT2D eigenvalue weighted by atomic mass is 10.0. The number of aromatic nitrogens is 2. The Bertz CT molecular complexity index is 920. The molecule has 4 rings (SSSR count). The lowest BCUT2D eigenvalue weighted by molar-refractivity contribution is 0.0711. The lowest BCUT2D eigenvalue weighted by Crippen LogP contribution is -2.45. The summed E-state index contributed by atoms with van der Waals surface area (Å²) in [6, 6.07) is 13.5. The molecule has 5 nitrogen and oxygen atoms in total. The highest BCUT2D eigenvalue weighted by Crippen LogP contribution is 2.26. The number of nitrogens with two attached hydrogens (primary N) is 1. The maximum atomic E-state index is 13.2. The Labute approximate surface area is 170 Å². The molecule has 1 unspecified atom stereocenters. The number of hydrogen-bond donors (Lipinski definition) is 1. The molecule has 2 N–H and O–H groups in total. The molecule has 1 atom stereocenters. The quantitative estimate of drug-likeness (QED) is 0.706. The molecular formula is C20H22Cl2N4O. The van der Waals surface area contributed by atoms with Crippen molar-refractivity contribution >= 4 is 41.6 Å². The van der Waals surface area contributed by atoms with E-state index in [-0.39, 0.29) is 36.8 Å². The molecule has 1 aliphatic rings. The third-order valence-electron chi connectivity index (χ3n) is 4.67. The van der Waals surface area contributed by atoms with Gasteiger partial charge in [-0.1, -0.05) is 18.2 Å². The lowest BCUT2D eigenvalue weighted by Gasteiger charge is -2.31. The molecule has 1 amide bonds. The van der Waals surface area contributed by atoms with Crippen molar-refractivity contribution in [2.45, 2.75) is 18.9 Å². The van der Waals surface area contributed by atoms with Gasteiger partial charge >= 0.3 is 0 Å². The molecule has 0 saturated carbocycles. The van der Waals surface area contributed by atoms with Gasteiger partial charge in [0, 0.05) is 42.5 Å². The predicted molar refractivity (Wildman–Crippen MR) is 113 cm³/mol. The molecule has 3 heterocycles. The number of nitrogens with zero attached hydrogens (tertiary/aromatic N) is 3. The minimum Gasteiger partial charge on any atom is -0.337 e. The highest BCUT2D eigenvalue weighted by Gasteiger charge is 2.24. The number of fused-ring (bicyclic) bond motifs is 1. The van der Waals surface area contributed by atoms with Gasteiger partial charge in [-0.15, -0.1) is 24.8 Å². The second kappa shape index (κ2) is 9.13. The van der Waals surface area contributed by atoms with Crippen molar-refractivity contribution in [2.75, 3.05) is 13.1 Å². The number of pyridine rings is 2. The number of carbonyl (C=O) groups excluding carboxylic acids is 1. The van der Waals surface area contributed by atoms with Crippen molar-refractivity contribution in [3.05, 3.63) is 60.4 Å². The molecule has 7 heteroatoms. The van der Waals surface area contributed by atoms with Crippen molar-refractivity contribution in [1.82, 2.24) is 14.9 Å². The first kappa shape index (κ1) is 21.1. The molecule has 0 bridgehead atoms. The van der Waals surface area contributed by atoms with Gasteiger partial charge in [0.15, 0.2) is 0 Å². The van der Waals surface area contributed by atoms with Crippen LogP contribution in [-0.2, 0) is 0 Å². The molecule has 2 aromatic heterocycles. The van der Waals surface area contributed by atoms with Crippen molar-refractivity contribution in [3.63, 3.8) is 0 Å². The Morgan fingerprint density at radius 2 is 1.85 bits per heavy atom. The molecule has 1 fully saturated rings. The van der Waals surface area contributed by atoms with Gasteiger partial charge in [0.2, 0.25) is 0 Å². The first-order valence-electron chi connectivity index (χ1n) is 8.57. The summed E-state index contributed by atoms with van der Waals surface area (Å²) in [5.41, 5.74) is 9.30. The van der Waals surface area contributed by atoms with E-state index in [2.05, 4.69) is 4.98 Å². The SMILES string of the molecule is Cl.Cl.NC1CCCN(C(=O)c2cc(-c3ccncc3)nc3ccccc23)C1. The molecule has 1 aliphatic heterocycles. The van der Waals surface area contributed by atoms with Crippen molar-refractivity contribution < 1.29 is 4.79 Å². The third kappa shape index (κ3) is 4.38. The Balaban J connectivity index is 0.00000131. The molecule has 1 aromatic carbocycles. The molecule has 142 valence electrons. The summed E-state index contributed by atoms with van der Waals surface area (Å²) in [5.74, 6) is 0.0315. The summed E-state index contributed by atoms with van der Waals surface area (Å²) in [6.45, 7) is 1.37. The maximum absolute atomic E-state index is 13.2. The fourth-order valence-electron chi connectivity index (χ4n) is 3.39. The predicted octanol–water partition coefficient (Wildman–Crippen LogP) is 3.70. The van der Waals surface area contributed by atoms with Gasteiger partial charge < -0.3 is 10.6 Å². The highest BCUT2D eigenvalue weighted by molar-refractivity contribution is 6.07. The first-order valence-corrected chi connectivity index (χ1v) is 8.57. The van der Waals surface area contributed by atoms with E-state index in [9.17, 15) is 4.79 Å². The summed E-state index contributed by atoms with van der Waals surface area (Å²) in [5, 5.41) is 0.879. The number of para-hydroxylation sites is 1. The van der Waals surface area contributed by atoms with E-state index in [0.29, 0.717) is 12.1 Å². The standard InChI is InChI=1S/C20H20N4O.2ClH/c21-15-4-3-11-24(13-15)20(25)17-12-19(14-7-9-22-10-8-14)23-18-6-2-1-5-16(17)18;;/h1-2,5-10,12,15H,3-4,11,13,21H2;2*1H. The number of likely N-dealkylation sites (tertiary alicyclic amines) is 1. The largest absolute Gasteiger partial charge is 0.337 e. The molecule has 0 aliphatic carbocycles. The van der Waals surface area contributed by atoms with Crippen LogP contribution in [0, 0.1) is 0 Å². The van der Waals surface area contributed by atoms with E-state index in [4.69, 9.17) is 10.7 Å². The Hall–Kier alpha value is -2.21. The smallest absolute Gasteiger partial charge is 0.254 e. The maximum Gasteiger partial charge on any atom is 0.254 e. The number of rotatable bonds is 2. The summed E-state index contributed by atoms with van der Waals surface area (Å²) < 4.78 is 0. The van der Waals surface area contributed by atoms with Crippen LogP contribution in [0.15, 0.2) is 54.9 Å². The Kier molecular flexibility index (Phi) is 7.13. The molecule has 0 radical (unpaired) electrons. The average Bonchev–Trinajstić information content (AvgIpc) is 2.67. The number of piperidine rings is 1. The van der Waals surface area contributed by atoms with E-state index < -0.39 is 0 Å². The van der Waals surface area contributed by atoms with Crippen molar-refractivity contribution in [1.29, 1.82) is 0 Å². The van der Waals surface area contributed by atoms with Crippen LogP contribution < -0.4 is 5.73 Å². The van der Waals surface area contributed by atoms with Crippen LogP contribution >= 0.6 is 24.8 Å². The fourth-order valence-corrected chi connectivity index (χ4v) is 3.39. The number of amides is 1. The van der Waals surface area contributed by atoms with E-state index in [1.54, 1.807) is 12.4 Å². The van der Waals surface area contributed by atoms with Crippen LogP contribution in [-0.4, -0.2) is 39.9 Å². The second-order valence-electron chi connectivity index (χ2n) is 6.46. The van der Waals surface area contributed by atoms with E-state index in [0.717, 1.165) is 41.5 Å². The number of carbonyl (C=O) groups is 1. The molecule has 27 heavy (non-hydrogen) atoms. The van der Waals surface area contributed by atoms with Crippen LogP contribution in [0.5, 0.6) is 0 Å². The van der Waals surface area contributed by atoms with Gasteiger partial charge in [-0.3, -0.25) is 9.78 Å². The van der Waals surface area contributed by atoms with E-state index >= 15 is 0 Å². The van der Waals surface area contributed by atoms with Gasteiger partial charge in [-0.2, -0.15) is 0 Å². The van der Waals surface area contributed by atoms with E-state index in [1.165, 1.54) is 0 Å². The van der Waals surface area contributed by atoms with Gasteiger partial charge in [0.1, 0.15) is 0 Å². The van der Waals surface area contributed by atoms with Gasteiger partial charge in [0.25, 0.3) is 5.91 Å². The first-order chi connectivity index (χ1) is 12.2. The van der Waals surface area contributed by atoms with Gasteiger partial charge in [0.05, 0.1) is 16.8 Å². The summed E-state index contributed by atoms with van der Waals surface area (Å²) in [4.78, 5) is 23.8. The minimum atomic E-state index is 0. The zero-order valence-electron chi connectivity index (χ0n) is 14.7. The zero-order chi connectivity index (χ0) is 17.2. The normalized spacial score (nSPS) is 16.3. The Morgan fingerprint density at radius 3 is 2.59 bits per heavy atom. The third-order valence-corrected chi connectivity index (χ3v) is 4.67. The topological polar surface area (TPSA) is 72.1 Å². The molecule has 3 aromatic rings.